The molecule has 0 aromatic heterocycles. The molecular formula is C7H14N2. The molecule has 0 rings (SSSR count). The molecule has 0 spiro atoms. The normalized spacial score (nSPS) is 12.3. The Morgan fingerprint density at radius 1 is 1.67 bits per heavy atom. The largest absolute Gasteiger partial charge is 0.390 e. The Labute approximate surface area is 56.7 Å². The van der Waals surface area contributed by atoms with Crippen LogP contribution in [0.25, 0.3) is 0 Å². The zero-order valence-corrected chi connectivity index (χ0v) is 6.36. The van der Waals surface area contributed by atoms with Crippen LogP contribution in [0.5, 0.6) is 0 Å². The Balaban J connectivity index is 4.18. The fourth-order valence-electron chi connectivity index (χ4n) is 0.640. The molecule has 2 nitrogen and oxygen atoms in total. The van der Waals surface area contributed by atoms with Crippen LogP contribution < -0.4 is 5.32 Å². The smallest absolute Gasteiger partial charge is 0.0579 e. The van der Waals surface area contributed by atoms with E-state index in [1.54, 1.807) is 0 Å². The molecule has 9 heavy (non-hydrogen) atoms. The van der Waals surface area contributed by atoms with Gasteiger partial charge in [-0.05, 0) is 20.1 Å². The SMILES string of the molecule is C=N/C(CC)=C(\C)NC. The molecule has 0 atom stereocenters. The van der Waals surface area contributed by atoms with Gasteiger partial charge in [0.1, 0.15) is 0 Å². The van der Waals surface area contributed by atoms with Crippen molar-refractivity contribution < 1.29 is 0 Å². The van der Waals surface area contributed by atoms with Gasteiger partial charge in [-0.25, -0.2) is 0 Å². The minimum atomic E-state index is 0.941. The van der Waals surface area contributed by atoms with E-state index in [9.17, 15) is 0 Å². The lowest BCUT2D eigenvalue weighted by molar-refractivity contribution is 0.911. The van der Waals surface area contributed by atoms with E-state index in [0.29, 0.717) is 0 Å². The second-order valence-electron chi connectivity index (χ2n) is 1.83. The van der Waals surface area contributed by atoms with Gasteiger partial charge in [0.2, 0.25) is 0 Å². The number of aliphatic imine (C=N–C) groups is 1. The summed E-state index contributed by atoms with van der Waals surface area (Å²) in [5.41, 5.74) is 2.14. The number of hydrogen-bond acceptors (Lipinski definition) is 2. The van der Waals surface area contributed by atoms with Crippen LogP contribution in [0.4, 0.5) is 0 Å². The van der Waals surface area contributed by atoms with Crippen molar-refractivity contribution in [2.75, 3.05) is 7.05 Å². The fourth-order valence-corrected chi connectivity index (χ4v) is 0.640. The van der Waals surface area contributed by atoms with Gasteiger partial charge in [0.15, 0.2) is 0 Å². The second kappa shape index (κ2) is 4.13. The van der Waals surface area contributed by atoms with Crippen LogP contribution >= 0.6 is 0 Å². The van der Waals surface area contributed by atoms with Crippen LogP contribution in [0.2, 0.25) is 0 Å². The van der Waals surface area contributed by atoms with E-state index in [4.69, 9.17) is 0 Å². The summed E-state index contributed by atoms with van der Waals surface area (Å²) in [6.45, 7) is 7.51. The maximum Gasteiger partial charge on any atom is 0.0579 e. The fraction of sp³-hybridized carbons (Fsp3) is 0.571. The van der Waals surface area contributed by atoms with Gasteiger partial charge in [-0.15, -0.1) is 0 Å². The first-order valence-electron chi connectivity index (χ1n) is 3.10. The molecule has 0 unspecified atom stereocenters. The van der Waals surface area contributed by atoms with E-state index in [1.165, 1.54) is 0 Å². The molecule has 0 aliphatic carbocycles. The Kier molecular flexibility index (Phi) is 3.76. The van der Waals surface area contributed by atoms with E-state index >= 15 is 0 Å². The van der Waals surface area contributed by atoms with Crippen LogP contribution in [0.1, 0.15) is 20.3 Å². The Morgan fingerprint density at radius 3 is 2.33 bits per heavy atom. The van der Waals surface area contributed by atoms with Crippen molar-refractivity contribution in [3.05, 3.63) is 11.4 Å². The number of allylic oxidation sites excluding steroid dienone is 2. The average molecular weight is 126 g/mol. The molecule has 0 heterocycles. The number of nitrogens with one attached hydrogen (secondary N) is 1. The predicted octanol–water partition coefficient (Wildman–Crippen LogP) is 1.55. The topological polar surface area (TPSA) is 24.4 Å². The summed E-state index contributed by atoms with van der Waals surface area (Å²) >= 11 is 0. The van der Waals surface area contributed by atoms with Crippen molar-refractivity contribution in [2.45, 2.75) is 20.3 Å². The van der Waals surface area contributed by atoms with E-state index in [-0.39, 0.29) is 0 Å². The minimum absolute atomic E-state index is 0.941. The second-order valence-corrected chi connectivity index (χ2v) is 1.83. The van der Waals surface area contributed by atoms with Crippen molar-refractivity contribution in [1.29, 1.82) is 0 Å². The summed E-state index contributed by atoms with van der Waals surface area (Å²) in [6, 6.07) is 0. The molecule has 0 aliphatic heterocycles. The minimum Gasteiger partial charge on any atom is -0.390 e. The molecular weight excluding hydrogens is 112 g/mol. The van der Waals surface area contributed by atoms with Crippen LogP contribution in [-0.4, -0.2) is 13.8 Å². The molecule has 0 aliphatic rings. The van der Waals surface area contributed by atoms with Gasteiger partial charge < -0.3 is 5.32 Å². The molecule has 0 radical (unpaired) electrons. The van der Waals surface area contributed by atoms with Gasteiger partial charge in [-0.1, -0.05) is 6.92 Å². The van der Waals surface area contributed by atoms with Gasteiger partial charge in [0.05, 0.1) is 5.70 Å². The zero-order chi connectivity index (χ0) is 7.28. The molecule has 1 N–H and O–H groups in total. The molecule has 0 amide bonds. The van der Waals surface area contributed by atoms with Crippen LogP contribution in [-0.2, 0) is 0 Å². The lowest BCUT2D eigenvalue weighted by Crippen LogP contribution is -2.04. The van der Waals surface area contributed by atoms with Crippen molar-refractivity contribution in [3.8, 4) is 0 Å². The number of hydrogen-bond donors (Lipinski definition) is 1. The zero-order valence-electron chi connectivity index (χ0n) is 6.36. The first-order chi connectivity index (χ1) is 4.26. The summed E-state index contributed by atoms with van der Waals surface area (Å²) in [7, 11) is 1.89. The molecule has 52 valence electrons. The van der Waals surface area contributed by atoms with Crippen molar-refractivity contribution >= 4 is 6.72 Å². The lowest BCUT2D eigenvalue weighted by Gasteiger charge is -2.02. The van der Waals surface area contributed by atoms with Gasteiger partial charge >= 0.3 is 0 Å². The Morgan fingerprint density at radius 2 is 2.22 bits per heavy atom. The highest BCUT2D eigenvalue weighted by atomic mass is 14.9. The van der Waals surface area contributed by atoms with E-state index in [1.807, 2.05) is 14.0 Å². The summed E-state index contributed by atoms with van der Waals surface area (Å²) in [5, 5.41) is 3.01. The third-order valence-electron chi connectivity index (χ3n) is 1.33. The van der Waals surface area contributed by atoms with Crippen LogP contribution in [0.3, 0.4) is 0 Å². The standard InChI is InChI=1S/C7H14N2/c1-5-7(9-4)6(2)8-3/h8H,4-5H2,1-3H3/b7-6+. The van der Waals surface area contributed by atoms with Crippen LogP contribution in [0.15, 0.2) is 16.4 Å². The molecule has 0 fully saturated rings. The maximum atomic E-state index is 3.84. The molecule has 0 saturated heterocycles. The third-order valence-corrected chi connectivity index (χ3v) is 1.33. The van der Waals surface area contributed by atoms with E-state index in [2.05, 4.69) is 24.0 Å². The van der Waals surface area contributed by atoms with Crippen molar-refractivity contribution in [2.24, 2.45) is 4.99 Å². The summed E-state index contributed by atoms with van der Waals surface area (Å²) in [4.78, 5) is 3.84. The Hall–Kier alpha value is -0.790. The molecule has 2 heteroatoms. The Bertz CT molecular complexity index is 125. The predicted molar refractivity (Wildman–Crippen MR) is 41.6 cm³/mol. The van der Waals surface area contributed by atoms with Gasteiger partial charge in [-0.3, -0.25) is 4.99 Å². The summed E-state index contributed by atoms with van der Waals surface area (Å²) < 4.78 is 0. The van der Waals surface area contributed by atoms with Crippen molar-refractivity contribution in [1.82, 2.24) is 5.32 Å². The molecule has 0 aromatic rings. The lowest BCUT2D eigenvalue weighted by atomic mass is 10.3. The number of nitrogens with zero attached hydrogens (tertiary/aromatic N) is 1. The van der Waals surface area contributed by atoms with Gasteiger partial charge in [0.25, 0.3) is 0 Å². The first kappa shape index (κ1) is 8.21. The van der Waals surface area contributed by atoms with E-state index in [0.717, 1.165) is 17.8 Å². The highest BCUT2D eigenvalue weighted by molar-refractivity contribution is 5.30. The highest BCUT2D eigenvalue weighted by Crippen LogP contribution is 2.04. The molecule has 0 bridgehead atoms. The van der Waals surface area contributed by atoms with Crippen LogP contribution in [0, 0.1) is 0 Å². The summed E-state index contributed by atoms with van der Waals surface area (Å²) in [6.07, 6.45) is 0.941. The van der Waals surface area contributed by atoms with E-state index < -0.39 is 0 Å². The maximum absolute atomic E-state index is 3.84. The molecule has 0 aromatic carbocycles. The average Bonchev–Trinajstić information content (AvgIpc) is 1.90. The summed E-state index contributed by atoms with van der Waals surface area (Å²) in [5.74, 6) is 0. The quantitative estimate of drug-likeness (QED) is 0.570. The monoisotopic (exact) mass is 126 g/mol. The third kappa shape index (κ3) is 2.31. The van der Waals surface area contributed by atoms with Crippen molar-refractivity contribution in [3.63, 3.8) is 0 Å². The molecule has 0 saturated carbocycles. The number of rotatable bonds is 3. The van der Waals surface area contributed by atoms with Gasteiger partial charge in [0, 0.05) is 12.7 Å². The highest BCUT2D eigenvalue weighted by Gasteiger charge is 1.91. The van der Waals surface area contributed by atoms with Gasteiger partial charge in [-0.2, -0.15) is 0 Å². The first-order valence-corrected chi connectivity index (χ1v) is 3.10.